The second-order valence-electron chi connectivity index (χ2n) is 18.1. The number of rotatable bonds is 3. The number of aliphatic hydroxyl groups excluding tert-OH is 5. The van der Waals surface area contributed by atoms with Crippen LogP contribution in [-0.2, 0) is 9.53 Å². The standard InChI is InChI=1S/C36H58O8/c1-31(2)14-16-36(29(41)27-25(39)24(38)26(40)28(44-27)30(42)43)17-15-34(6)19(20(36)18-31)8-9-22-33(5)12-11-23(37)32(3,4)21(33)10-13-35(22,34)7/h8,20-29,37-41H,9-18H2,1-7H3,(H,42,43)/t20?,21?,22?,23-,24+,25?,26-,27+,28?,29?,33-,34+,35+,36-/m0/s1. The van der Waals surface area contributed by atoms with Gasteiger partial charge in [-0.15, -0.1) is 0 Å². The number of carbonyl (C=O) groups is 1. The minimum absolute atomic E-state index is 0.0241. The fourth-order valence-corrected chi connectivity index (χ4v) is 12.5. The van der Waals surface area contributed by atoms with Gasteiger partial charge in [-0.25, -0.2) is 4.79 Å². The Morgan fingerprint density at radius 2 is 1.50 bits per heavy atom. The van der Waals surface area contributed by atoms with Crippen LogP contribution < -0.4 is 0 Å². The minimum atomic E-state index is -1.78. The van der Waals surface area contributed by atoms with E-state index in [1.807, 2.05) is 0 Å². The second kappa shape index (κ2) is 10.2. The summed E-state index contributed by atoms with van der Waals surface area (Å²) in [6.45, 7) is 16.6. The van der Waals surface area contributed by atoms with Crippen LogP contribution in [0.15, 0.2) is 11.6 Å². The minimum Gasteiger partial charge on any atom is -0.479 e. The van der Waals surface area contributed by atoms with Crippen molar-refractivity contribution < 1.29 is 40.2 Å². The molecule has 1 saturated heterocycles. The number of allylic oxidation sites excluding steroid dienone is 2. The van der Waals surface area contributed by atoms with Crippen molar-refractivity contribution in [3.05, 3.63) is 11.6 Å². The fraction of sp³-hybridized carbons (Fsp3) is 0.917. The van der Waals surface area contributed by atoms with Crippen molar-refractivity contribution in [1.82, 2.24) is 0 Å². The normalized spacial score (nSPS) is 53.6. The predicted molar refractivity (Wildman–Crippen MR) is 165 cm³/mol. The number of hydrogen-bond acceptors (Lipinski definition) is 7. The van der Waals surface area contributed by atoms with E-state index < -0.39 is 48.0 Å². The highest BCUT2D eigenvalue weighted by molar-refractivity contribution is 5.73. The van der Waals surface area contributed by atoms with Crippen molar-refractivity contribution in [2.45, 2.75) is 155 Å². The lowest BCUT2D eigenvalue weighted by Crippen LogP contribution is -2.68. The molecule has 0 bridgehead atoms. The first-order valence-electron chi connectivity index (χ1n) is 17.3. The van der Waals surface area contributed by atoms with Crippen LogP contribution in [0, 0.1) is 50.2 Å². The van der Waals surface area contributed by atoms with Gasteiger partial charge in [0.25, 0.3) is 0 Å². The van der Waals surface area contributed by atoms with Crippen molar-refractivity contribution in [3.8, 4) is 0 Å². The van der Waals surface area contributed by atoms with Crippen LogP contribution in [0.3, 0.4) is 0 Å². The molecule has 6 aliphatic rings. The summed E-state index contributed by atoms with van der Waals surface area (Å²) in [6.07, 6.45) is 2.01. The Morgan fingerprint density at radius 3 is 2.16 bits per heavy atom. The topological polar surface area (TPSA) is 148 Å². The van der Waals surface area contributed by atoms with Gasteiger partial charge in [0.05, 0.1) is 12.2 Å². The Morgan fingerprint density at radius 1 is 0.841 bits per heavy atom. The molecular formula is C36H58O8. The maximum absolute atomic E-state index is 12.3. The molecule has 0 aromatic heterocycles. The molecule has 6 N–H and O–H groups in total. The van der Waals surface area contributed by atoms with E-state index in [4.69, 9.17) is 4.74 Å². The van der Waals surface area contributed by atoms with E-state index in [0.29, 0.717) is 18.3 Å². The number of carboxylic acids is 1. The summed E-state index contributed by atoms with van der Waals surface area (Å²) < 4.78 is 5.77. The Kier molecular flexibility index (Phi) is 7.65. The van der Waals surface area contributed by atoms with Crippen LogP contribution in [0.1, 0.15) is 113 Å². The van der Waals surface area contributed by atoms with Crippen molar-refractivity contribution in [1.29, 1.82) is 0 Å². The molecule has 8 heteroatoms. The molecule has 44 heavy (non-hydrogen) atoms. The van der Waals surface area contributed by atoms with Gasteiger partial charge >= 0.3 is 5.97 Å². The Balaban J connectivity index is 1.40. The monoisotopic (exact) mass is 618 g/mol. The largest absolute Gasteiger partial charge is 0.479 e. The van der Waals surface area contributed by atoms with Gasteiger partial charge in [0, 0.05) is 5.41 Å². The zero-order valence-corrected chi connectivity index (χ0v) is 27.9. The first kappa shape index (κ1) is 32.9. The van der Waals surface area contributed by atoms with E-state index in [9.17, 15) is 35.4 Å². The predicted octanol–water partition coefficient (Wildman–Crippen LogP) is 4.44. The molecule has 0 aromatic carbocycles. The molecular weight excluding hydrogens is 560 g/mol. The summed E-state index contributed by atoms with van der Waals surface area (Å²) in [5, 5.41) is 65.0. The molecule has 0 aromatic rings. The lowest BCUT2D eigenvalue weighted by molar-refractivity contribution is -0.267. The van der Waals surface area contributed by atoms with Crippen molar-refractivity contribution in [3.63, 3.8) is 0 Å². The highest BCUT2D eigenvalue weighted by Gasteiger charge is 2.69. The van der Waals surface area contributed by atoms with Gasteiger partial charge in [-0.1, -0.05) is 60.1 Å². The maximum atomic E-state index is 12.3. The average molecular weight is 619 g/mol. The van der Waals surface area contributed by atoms with E-state index in [1.54, 1.807) is 0 Å². The first-order valence-corrected chi connectivity index (χ1v) is 17.3. The maximum Gasteiger partial charge on any atom is 0.335 e. The van der Waals surface area contributed by atoms with Gasteiger partial charge in [0.2, 0.25) is 0 Å². The van der Waals surface area contributed by atoms with E-state index in [-0.39, 0.29) is 39.1 Å². The highest BCUT2D eigenvalue weighted by atomic mass is 16.6. The van der Waals surface area contributed by atoms with E-state index in [0.717, 1.165) is 57.8 Å². The average Bonchev–Trinajstić information content (AvgIpc) is 2.93. The number of aliphatic carboxylic acids is 1. The molecule has 4 saturated carbocycles. The third kappa shape index (κ3) is 4.26. The molecule has 5 aliphatic carbocycles. The second-order valence-corrected chi connectivity index (χ2v) is 18.1. The highest BCUT2D eigenvalue weighted by Crippen LogP contribution is 2.76. The molecule has 1 heterocycles. The molecule has 0 amide bonds. The van der Waals surface area contributed by atoms with Crippen LogP contribution >= 0.6 is 0 Å². The summed E-state index contributed by atoms with van der Waals surface area (Å²) in [5.74, 6) is -0.453. The third-order valence-electron chi connectivity index (χ3n) is 15.5. The Labute approximate surface area is 263 Å². The van der Waals surface area contributed by atoms with Crippen LogP contribution in [-0.4, -0.2) is 79.3 Å². The summed E-state index contributed by atoms with van der Waals surface area (Å²) in [7, 11) is 0. The lowest BCUT2D eigenvalue weighted by atomic mass is 9.33. The number of hydrogen-bond donors (Lipinski definition) is 6. The van der Waals surface area contributed by atoms with Crippen molar-refractivity contribution in [2.24, 2.45) is 50.2 Å². The number of carboxylic acid groups (broad SMARTS) is 1. The quantitative estimate of drug-likeness (QED) is 0.255. The Hall–Kier alpha value is -1.03. The Bertz CT molecular complexity index is 1200. The van der Waals surface area contributed by atoms with Crippen molar-refractivity contribution >= 4 is 5.97 Å². The van der Waals surface area contributed by atoms with Gasteiger partial charge in [-0.2, -0.15) is 0 Å². The van der Waals surface area contributed by atoms with Gasteiger partial charge < -0.3 is 35.4 Å². The lowest BCUT2D eigenvalue weighted by Gasteiger charge is -2.72. The molecule has 0 spiro atoms. The smallest absolute Gasteiger partial charge is 0.335 e. The summed E-state index contributed by atoms with van der Waals surface area (Å²) in [5.41, 5.74) is 0.787. The molecule has 14 atom stereocenters. The van der Waals surface area contributed by atoms with Gasteiger partial charge in [-0.05, 0) is 109 Å². The summed E-state index contributed by atoms with van der Waals surface area (Å²) >= 11 is 0. The van der Waals surface area contributed by atoms with Crippen molar-refractivity contribution in [2.75, 3.05) is 0 Å². The fourth-order valence-electron chi connectivity index (χ4n) is 12.5. The SMILES string of the molecule is CC1(C)CC[C@]2(C(O)[C@@H]3OC(C(=O)O)[C@@H](O)[C@H](O)C3O)CC[C@]3(C)C(=CCC4[C@@]5(C)CC[C@H](O)C(C)(C)C5CC[C@]43C)C2C1. The number of fused-ring (bicyclic) bond motifs is 7. The summed E-state index contributed by atoms with van der Waals surface area (Å²) in [4.78, 5) is 11.9. The molecule has 6 rings (SSSR count). The molecule has 250 valence electrons. The van der Waals surface area contributed by atoms with Crippen LogP contribution in [0.25, 0.3) is 0 Å². The summed E-state index contributed by atoms with van der Waals surface area (Å²) in [6, 6.07) is 0. The van der Waals surface area contributed by atoms with Crippen LogP contribution in [0.4, 0.5) is 0 Å². The first-order chi connectivity index (χ1) is 20.3. The third-order valence-corrected chi connectivity index (χ3v) is 15.5. The molecule has 6 unspecified atom stereocenters. The zero-order valence-electron chi connectivity index (χ0n) is 27.9. The van der Waals surface area contributed by atoms with Crippen LogP contribution in [0.5, 0.6) is 0 Å². The van der Waals surface area contributed by atoms with Gasteiger partial charge in [-0.3, -0.25) is 0 Å². The molecule has 0 radical (unpaired) electrons. The van der Waals surface area contributed by atoms with E-state index >= 15 is 0 Å². The molecule has 1 aliphatic heterocycles. The molecule has 8 nitrogen and oxygen atoms in total. The van der Waals surface area contributed by atoms with E-state index in [2.05, 4.69) is 54.5 Å². The number of ether oxygens (including phenoxy) is 1. The van der Waals surface area contributed by atoms with Crippen LogP contribution in [0.2, 0.25) is 0 Å². The molecule has 5 fully saturated rings. The zero-order chi connectivity index (χ0) is 32.4. The van der Waals surface area contributed by atoms with E-state index in [1.165, 1.54) is 5.57 Å². The van der Waals surface area contributed by atoms with Gasteiger partial charge in [0.15, 0.2) is 6.10 Å². The van der Waals surface area contributed by atoms with Gasteiger partial charge in [0.1, 0.15) is 24.4 Å². The number of aliphatic hydroxyl groups is 5.